The summed E-state index contributed by atoms with van der Waals surface area (Å²) < 4.78 is 6.45. The predicted molar refractivity (Wildman–Crippen MR) is 147 cm³/mol. The molecular weight excluding hydrogens is 440 g/mol. The molecule has 0 amide bonds. The van der Waals surface area contributed by atoms with Gasteiger partial charge in [-0.3, -0.25) is 0 Å². The lowest BCUT2D eigenvalue weighted by atomic mass is 9.74. The molecule has 7 rings (SSSR count). The second kappa shape index (κ2) is 8.08. The molecule has 1 atom stereocenters. The zero-order chi connectivity index (χ0) is 24.4. The third kappa shape index (κ3) is 3.14. The number of aromatic hydroxyl groups is 1. The van der Waals surface area contributed by atoms with Crippen molar-refractivity contribution in [3.8, 4) is 39.1 Å². The Hall–Kier alpha value is -3.88. The number of rotatable bonds is 1. The van der Waals surface area contributed by atoms with E-state index < -0.39 is 0 Å². The summed E-state index contributed by atoms with van der Waals surface area (Å²) >= 11 is 0. The minimum Gasteiger partial charge on any atom is -0.507 e. The van der Waals surface area contributed by atoms with E-state index >= 15 is 0 Å². The molecule has 5 aromatic carbocycles. The Kier molecular flexibility index (Phi) is 4.80. The molecule has 2 aliphatic rings. The summed E-state index contributed by atoms with van der Waals surface area (Å²) in [4.78, 5) is 0. The lowest BCUT2D eigenvalue weighted by Crippen LogP contribution is -2.10. The normalized spacial score (nSPS) is 16.0. The number of fused-ring (bicyclic) bond motifs is 9. The Morgan fingerprint density at radius 3 is 2.39 bits per heavy atom. The van der Waals surface area contributed by atoms with Gasteiger partial charge in [0.1, 0.15) is 5.75 Å². The van der Waals surface area contributed by atoms with Crippen LogP contribution in [0, 0.1) is 6.92 Å². The fourth-order valence-electron chi connectivity index (χ4n) is 6.27. The van der Waals surface area contributed by atoms with E-state index in [4.69, 9.17) is 4.74 Å². The fourth-order valence-corrected chi connectivity index (χ4v) is 6.27. The number of ether oxygens (including phenoxy) is 1. The van der Waals surface area contributed by atoms with Gasteiger partial charge in [-0.2, -0.15) is 0 Å². The highest BCUT2D eigenvalue weighted by molar-refractivity contribution is 6.06. The number of benzene rings is 5. The van der Waals surface area contributed by atoms with Crippen LogP contribution in [-0.2, 0) is 24.2 Å². The third-order valence-electron chi connectivity index (χ3n) is 8.01. The Labute approximate surface area is 211 Å². The summed E-state index contributed by atoms with van der Waals surface area (Å²) in [5.41, 5.74) is 13.2. The molecule has 2 nitrogen and oxygen atoms in total. The standard InChI is InChI=1S/C34H28O2/c1-20-10-12-23(13-11-20)28-18-25-17-16-24-15-14-22-6-3-4-8-27(22)31(24)33(25)34-30(28)21(2)36-19-26-7-5-9-29(35)32(26)34/h3-15,18,21,35H,16-17,19H2,1-2H3/t21-/m0/s1. The van der Waals surface area contributed by atoms with Crippen molar-refractivity contribution in [2.45, 2.75) is 39.4 Å². The minimum atomic E-state index is -0.117. The van der Waals surface area contributed by atoms with Crippen molar-refractivity contribution >= 4 is 10.8 Å². The highest BCUT2D eigenvalue weighted by Gasteiger charge is 2.32. The molecule has 5 aromatic rings. The molecule has 36 heavy (non-hydrogen) atoms. The van der Waals surface area contributed by atoms with Crippen molar-refractivity contribution in [1.82, 2.24) is 0 Å². The van der Waals surface area contributed by atoms with E-state index in [1.165, 1.54) is 55.3 Å². The molecule has 1 aliphatic heterocycles. The quantitative estimate of drug-likeness (QED) is 0.267. The van der Waals surface area contributed by atoms with Gasteiger partial charge in [-0.25, -0.2) is 0 Å². The van der Waals surface area contributed by atoms with Crippen LogP contribution < -0.4 is 0 Å². The monoisotopic (exact) mass is 468 g/mol. The number of phenols is 1. The Morgan fingerprint density at radius 2 is 1.53 bits per heavy atom. The van der Waals surface area contributed by atoms with Crippen molar-refractivity contribution in [1.29, 1.82) is 0 Å². The van der Waals surface area contributed by atoms with Gasteiger partial charge in [0.25, 0.3) is 0 Å². The summed E-state index contributed by atoms with van der Waals surface area (Å²) in [5, 5.41) is 13.8. The summed E-state index contributed by atoms with van der Waals surface area (Å²) in [6.07, 6.45) is 1.87. The van der Waals surface area contributed by atoms with Crippen LogP contribution in [0.1, 0.15) is 40.8 Å². The zero-order valence-electron chi connectivity index (χ0n) is 20.6. The Morgan fingerprint density at radius 1 is 0.722 bits per heavy atom. The van der Waals surface area contributed by atoms with Gasteiger partial charge < -0.3 is 9.84 Å². The maximum absolute atomic E-state index is 11.3. The largest absolute Gasteiger partial charge is 0.507 e. The molecule has 1 aliphatic carbocycles. The smallest absolute Gasteiger partial charge is 0.123 e. The Balaban J connectivity index is 1.68. The van der Waals surface area contributed by atoms with Gasteiger partial charge in [-0.15, -0.1) is 0 Å². The molecular formula is C34H28O2. The van der Waals surface area contributed by atoms with Crippen LogP contribution in [0.4, 0.5) is 0 Å². The van der Waals surface area contributed by atoms with E-state index in [9.17, 15) is 5.11 Å². The van der Waals surface area contributed by atoms with E-state index in [0.29, 0.717) is 12.4 Å². The molecule has 0 bridgehead atoms. The first-order chi connectivity index (χ1) is 17.6. The summed E-state index contributed by atoms with van der Waals surface area (Å²) in [6.45, 7) is 4.75. The van der Waals surface area contributed by atoms with Crippen molar-refractivity contribution in [2.75, 3.05) is 0 Å². The van der Waals surface area contributed by atoms with Gasteiger partial charge in [-0.05, 0) is 88.0 Å². The molecule has 0 unspecified atom stereocenters. The first-order valence-corrected chi connectivity index (χ1v) is 12.8. The van der Waals surface area contributed by atoms with E-state index in [2.05, 4.69) is 86.6 Å². The molecule has 1 N–H and O–H groups in total. The predicted octanol–water partition coefficient (Wildman–Crippen LogP) is 8.54. The number of phenolic OH excluding ortho intramolecular Hbond substituents is 1. The molecule has 0 saturated heterocycles. The fraction of sp³-hybridized carbons (Fsp3) is 0.176. The molecule has 0 fully saturated rings. The van der Waals surface area contributed by atoms with Crippen molar-refractivity contribution in [3.05, 3.63) is 113 Å². The van der Waals surface area contributed by atoms with Crippen LogP contribution in [0.3, 0.4) is 0 Å². The second-order valence-corrected chi connectivity index (χ2v) is 10.2. The van der Waals surface area contributed by atoms with Crippen LogP contribution in [-0.4, -0.2) is 5.11 Å². The Bertz CT molecular complexity index is 1660. The maximum atomic E-state index is 11.3. The molecule has 176 valence electrons. The van der Waals surface area contributed by atoms with Gasteiger partial charge in [0.05, 0.1) is 12.7 Å². The first kappa shape index (κ1) is 21.4. The molecule has 2 heteroatoms. The number of hydrogen-bond acceptors (Lipinski definition) is 2. The molecule has 1 heterocycles. The molecule has 0 aromatic heterocycles. The second-order valence-electron chi connectivity index (χ2n) is 10.2. The first-order valence-electron chi connectivity index (χ1n) is 12.8. The number of hydrogen-bond donors (Lipinski definition) is 1. The molecule has 0 spiro atoms. The van der Waals surface area contributed by atoms with Crippen LogP contribution in [0.15, 0.2) is 84.9 Å². The van der Waals surface area contributed by atoms with Crippen LogP contribution in [0.25, 0.3) is 44.2 Å². The highest BCUT2D eigenvalue weighted by atomic mass is 16.5. The van der Waals surface area contributed by atoms with Gasteiger partial charge in [0.15, 0.2) is 0 Å². The summed E-state index contributed by atoms with van der Waals surface area (Å²) in [6, 6.07) is 30.2. The van der Waals surface area contributed by atoms with E-state index in [1.54, 1.807) is 0 Å². The van der Waals surface area contributed by atoms with E-state index in [0.717, 1.165) is 29.5 Å². The van der Waals surface area contributed by atoms with Crippen molar-refractivity contribution in [2.24, 2.45) is 0 Å². The van der Waals surface area contributed by atoms with E-state index in [-0.39, 0.29) is 6.10 Å². The highest BCUT2D eigenvalue weighted by Crippen LogP contribution is 2.53. The zero-order valence-corrected chi connectivity index (χ0v) is 20.6. The topological polar surface area (TPSA) is 29.5 Å². The van der Waals surface area contributed by atoms with Gasteiger partial charge in [0, 0.05) is 11.1 Å². The average Bonchev–Trinajstić information content (AvgIpc) is 3.05. The van der Waals surface area contributed by atoms with E-state index in [1.807, 2.05) is 12.1 Å². The average molecular weight is 469 g/mol. The lowest BCUT2D eigenvalue weighted by Gasteiger charge is -2.29. The summed E-state index contributed by atoms with van der Waals surface area (Å²) in [5.74, 6) is 0.321. The SMILES string of the molecule is Cc1ccc(-c2cc3c(c4c2[C@H](C)OCc2cccc(O)c2-4)-c2c(ccc4ccccc24)CC3)cc1. The summed E-state index contributed by atoms with van der Waals surface area (Å²) in [7, 11) is 0. The van der Waals surface area contributed by atoms with Gasteiger partial charge in [-0.1, -0.05) is 84.4 Å². The third-order valence-corrected chi connectivity index (χ3v) is 8.01. The van der Waals surface area contributed by atoms with Crippen molar-refractivity contribution < 1.29 is 9.84 Å². The van der Waals surface area contributed by atoms with Gasteiger partial charge >= 0.3 is 0 Å². The molecule has 0 saturated carbocycles. The molecule has 0 radical (unpaired) electrons. The minimum absolute atomic E-state index is 0.117. The van der Waals surface area contributed by atoms with Gasteiger partial charge in [0.2, 0.25) is 0 Å². The van der Waals surface area contributed by atoms with Crippen LogP contribution in [0.2, 0.25) is 0 Å². The van der Waals surface area contributed by atoms with Crippen molar-refractivity contribution in [3.63, 3.8) is 0 Å². The number of aryl methyl sites for hydroxylation is 3. The lowest BCUT2D eigenvalue weighted by molar-refractivity contribution is 0.0554. The maximum Gasteiger partial charge on any atom is 0.123 e. The van der Waals surface area contributed by atoms with Crippen LogP contribution in [0.5, 0.6) is 5.75 Å². The van der Waals surface area contributed by atoms with Crippen LogP contribution >= 0.6 is 0 Å².